The van der Waals surface area contributed by atoms with Gasteiger partial charge in [-0.1, -0.05) is 57.5 Å². The highest BCUT2D eigenvalue weighted by molar-refractivity contribution is 9.10. The number of anilines is 1. The van der Waals surface area contributed by atoms with Gasteiger partial charge in [0.05, 0.1) is 29.2 Å². The summed E-state index contributed by atoms with van der Waals surface area (Å²) in [6, 6.07) is 16.0. The predicted octanol–water partition coefficient (Wildman–Crippen LogP) is 5.63. The molecule has 28 heavy (non-hydrogen) atoms. The Kier molecular flexibility index (Phi) is 5.42. The van der Waals surface area contributed by atoms with Crippen LogP contribution in [0.2, 0.25) is 5.02 Å². The van der Waals surface area contributed by atoms with Gasteiger partial charge in [-0.15, -0.1) is 0 Å². The summed E-state index contributed by atoms with van der Waals surface area (Å²) in [6.45, 7) is 2.41. The Bertz CT molecular complexity index is 1020. The highest BCUT2D eigenvalue weighted by Gasteiger charge is 2.38. The minimum Gasteiger partial charge on any atom is -0.343 e. The lowest BCUT2D eigenvalue weighted by molar-refractivity contribution is -0.129. The van der Waals surface area contributed by atoms with Crippen molar-refractivity contribution in [3.63, 3.8) is 0 Å². The van der Waals surface area contributed by atoms with Crippen LogP contribution in [0.25, 0.3) is 0 Å². The summed E-state index contributed by atoms with van der Waals surface area (Å²) in [5.41, 5.74) is 3.68. The van der Waals surface area contributed by atoms with Gasteiger partial charge in [0.2, 0.25) is 5.91 Å². The maximum Gasteiger partial charge on any atom is 0.229 e. The van der Waals surface area contributed by atoms with Crippen molar-refractivity contribution >= 4 is 50.9 Å². The molecule has 1 amide bonds. The summed E-state index contributed by atoms with van der Waals surface area (Å²) in [7, 11) is 0. The van der Waals surface area contributed by atoms with Crippen LogP contribution in [0.5, 0.6) is 0 Å². The van der Waals surface area contributed by atoms with Gasteiger partial charge in [0.25, 0.3) is 0 Å². The lowest BCUT2D eigenvalue weighted by atomic mass is 9.86. The summed E-state index contributed by atoms with van der Waals surface area (Å²) in [6.07, 6.45) is 0.303. The number of halogens is 2. The van der Waals surface area contributed by atoms with Gasteiger partial charge >= 0.3 is 0 Å². The maximum atomic E-state index is 13.0. The molecule has 1 atom stereocenters. The average molecular weight is 475 g/mol. The van der Waals surface area contributed by atoms with Crippen molar-refractivity contribution in [2.75, 3.05) is 17.4 Å². The molecule has 1 fully saturated rings. The summed E-state index contributed by atoms with van der Waals surface area (Å²) < 4.78 is 0.978. The van der Waals surface area contributed by atoms with E-state index < -0.39 is 0 Å². The number of thioether (sulfide) groups is 1. The second kappa shape index (κ2) is 7.82. The Morgan fingerprint density at radius 1 is 1.25 bits per heavy atom. The molecule has 2 aromatic rings. The Hall–Kier alpha value is -1.94. The summed E-state index contributed by atoms with van der Waals surface area (Å²) in [4.78, 5) is 16.8. The number of carbonyl (C=O) groups is 1. The van der Waals surface area contributed by atoms with Crippen molar-refractivity contribution in [3.05, 3.63) is 73.7 Å². The first kappa shape index (κ1) is 19.4. The van der Waals surface area contributed by atoms with Crippen molar-refractivity contribution < 1.29 is 4.79 Å². The Balaban J connectivity index is 1.68. The van der Waals surface area contributed by atoms with Gasteiger partial charge in [0.15, 0.2) is 0 Å². The smallest absolute Gasteiger partial charge is 0.229 e. The lowest BCUT2D eigenvalue weighted by Crippen LogP contribution is -2.47. The fraction of sp³-hybridized carbons (Fsp3) is 0.238. The second-order valence-corrected chi connectivity index (χ2v) is 9.06. The molecule has 2 aromatic carbocycles. The number of fused-ring (bicyclic) bond motifs is 1. The molecular weight excluding hydrogens is 458 g/mol. The minimum absolute atomic E-state index is 0.0406. The SMILES string of the molecule is Cc1c(Cl)cccc1N1CSC2=C(C#N)C(c3ccc(Br)cc3)CC(=O)N2C1. The van der Waals surface area contributed by atoms with E-state index in [1.807, 2.05) is 49.4 Å². The third-order valence-corrected chi connectivity index (χ3v) is 7.24. The molecule has 142 valence electrons. The van der Waals surface area contributed by atoms with E-state index in [0.29, 0.717) is 29.6 Å². The van der Waals surface area contributed by atoms with Crippen molar-refractivity contribution in [3.8, 4) is 6.07 Å². The van der Waals surface area contributed by atoms with E-state index >= 15 is 0 Å². The Labute approximate surface area is 181 Å². The number of amides is 1. The third kappa shape index (κ3) is 3.43. The van der Waals surface area contributed by atoms with Gasteiger partial charge < -0.3 is 4.90 Å². The van der Waals surface area contributed by atoms with Crippen molar-refractivity contribution in [2.24, 2.45) is 0 Å². The van der Waals surface area contributed by atoms with Crippen LogP contribution >= 0.6 is 39.3 Å². The van der Waals surface area contributed by atoms with Crippen LogP contribution < -0.4 is 4.90 Å². The summed E-state index contributed by atoms with van der Waals surface area (Å²) in [5, 5.41) is 11.4. The van der Waals surface area contributed by atoms with Gasteiger partial charge in [0, 0.05) is 27.5 Å². The molecular formula is C21H17BrClN3OS. The van der Waals surface area contributed by atoms with Crippen LogP contribution in [0.1, 0.15) is 23.5 Å². The number of allylic oxidation sites excluding steroid dienone is 1. The van der Waals surface area contributed by atoms with E-state index in [1.54, 1.807) is 4.90 Å². The van der Waals surface area contributed by atoms with Gasteiger partial charge in [-0.05, 0) is 42.3 Å². The van der Waals surface area contributed by atoms with E-state index in [9.17, 15) is 10.1 Å². The van der Waals surface area contributed by atoms with E-state index in [2.05, 4.69) is 26.9 Å². The minimum atomic E-state index is -0.191. The molecule has 1 saturated heterocycles. The van der Waals surface area contributed by atoms with Crippen LogP contribution in [0.15, 0.2) is 57.5 Å². The van der Waals surface area contributed by atoms with E-state index in [-0.39, 0.29) is 11.8 Å². The standard InChI is InChI=1S/C21H17BrClN3OS/c1-13-18(23)3-2-4-19(13)25-11-26-20(27)9-16(14-5-7-15(22)8-6-14)17(10-24)21(26)28-12-25/h2-8,16H,9,11-12H2,1H3. The van der Waals surface area contributed by atoms with Crippen molar-refractivity contribution in [1.29, 1.82) is 5.26 Å². The molecule has 2 heterocycles. The number of hydrogen-bond donors (Lipinski definition) is 0. The number of carbonyl (C=O) groups excluding carboxylic acids is 1. The Morgan fingerprint density at radius 3 is 2.71 bits per heavy atom. The molecule has 1 unspecified atom stereocenters. The quantitative estimate of drug-likeness (QED) is 0.566. The molecule has 2 aliphatic rings. The molecule has 4 nitrogen and oxygen atoms in total. The monoisotopic (exact) mass is 473 g/mol. The zero-order chi connectivity index (χ0) is 19.8. The Morgan fingerprint density at radius 2 is 2.00 bits per heavy atom. The van der Waals surface area contributed by atoms with Crippen LogP contribution in [0.3, 0.4) is 0 Å². The summed E-state index contributed by atoms with van der Waals surface area (Å²) in [5.74, 6) is 0.515. The number of rotatable bonds is 2. The highest BCUT2D eigenvalue weighted by Crippen LogP contribution is 2.44. The molecule has 4 rings (SSSR count). The van der Waals surface area contributed by atoms with Gasteiger partial charge in [-0.25, -0.2) is 0 Å². The van der Waals surface area contributed by atoms with Crippen molar-refractivity contribution in [1.82, 2.24) is 4.90 Å². The molecule has 0 bridgehead atoms. The second-order valence-electron chi connectivity index (χ2n) is 6.80. The van der Waals surface area contributed by atoms with Gasteiger partial charge in [0.1, 0.15) is 0 Å². The van der Waals surface area contributed by atoms with E-state index in [4.69, 9.17) is 11.6 Å². The number of nitriles is 1. The molecule has 0 N–H and O–H groups in total. The van der Waals surface area contributed by atoms with Gasteiger partial charge in [-0.3, -0.25) is 9.69 Å². The molecule has 0 radical (unpaired) electrons. The molecule has 0 aliphatic carbocycles. The lowest BCUT2D eigenvalue weighted by Gasteiger charge is -2.42. The zero-order valence-electron chi connectivity index (χ0n) is 15.2. The highest BCUT2D eigenvalue weighted by atomic mass is 79.9. The zero-order valence-corrected chi connectivity index (χ0v) is 18.3. The predicted molar refractivity (Wildman–Crippen MR) is 117 cm³/mol. The molecule has 0 spiro atoms. The van der Waals surface area contributed by atoms with E-state index in [1.165, 1.54) is 11.8 Å². The van der Waals surface area contributed by atoms with Crippen LogP contribution in [-0.2, 0) is 4.79 Å². The van der Waals surface area contributed by atoms with Crippen LogP contribution in [-0.4, -0.2) is 23.4 Å². The normalized spacial score (nSPS) is 19.5. The summed E-state index contributed by atoms with van der Waals surface area (Å²) >= 11 is 11.2. The maximum absolute atomic E-state index is 13.0. The number of benzene rings is 2. The number of hydrogen-bond acceptors (Lipinski definition) is 4. The first-order valence-corrected chi connectivity index (χ1v) is 11.0. The molecule has 0 saturated carbocycles. The van der Waals surface area contributed by atoms with Gasteiger partial charge in [-0.2, -0.15) is 5.26 Å². The van der Waals surface area contributed by atoms with Crippen molar-refractivity contribution in [2.45, 2.75) is 19.3 Å². The molecule has 0 aromatic heterocycles. The van der Waals surface area contributed by atoms with Crippen LogP contribution in [0.4, 0.5) is 5.69 Å². The number of nitrogens with zero attached hydrogens (tertiary/aromatic N) is 3. The molecule has 2 aliphatic heterocycles. The first-order chi connectivity index (χ1) is 13.5. The largest absolute Gasteiger partial charge is 0.343 e. The average Bonchev–Trinajstić information content (AvgIpc) is 2.70. The molecule has 7 heteroatoms. The fourth-order valence-electron chi connectivity index (χ4n) is 3.63. The first-order valence-electron chi connectivity index (χ1n) is 8.82. The van der Waals surface area contributed by atoms with Crippen LogP contribution in [0, 0.1) is 18.3 Å². The van der Waals surface area contributed by atoms with E-state index in [0.717, 1.165) is 26.3 Å². The topological polar surface area (TPSA) is 47.3 Å². The third-order valence-electron chi connectivity index (χ3n) is 5.15. The fourth-order valence-corrected chi connectivity index (χ4v) is 5.23.